The summed E-state index contributed by atoms with van der Waals surface area (Å²) >= 11 is 5.93. The second-order valence-electron chi connectivity index (χ2n) is 11.3. The predicted octanol–water partition coefficient (Wildman–Crippen LogP) is 10.5. The van der Waals surface area contributed by atoms with Crippen molar-refractivity contribution in [2.75, 3.05) is 0 Å². The fraction of sp³-hybridized carbons (Fsp3) is 0.355. The molecular formula is C31H22ClF13N2O4. The molecule has 1 N–H and O–H groups in total. The van der Waals surface area contributed by atoms with E-state index in [1.165, 1.54) is 26.0 Å². The molecule has 2 saturated heterocycles. The first-order valence-electron chi connectivity index (χ1n) is 14.2. The number of alkyl carbamates (subject to hydrolysis) is 1. The number of cyclic esters (lactones) is 2. The lowest BCUT2D eigenvalue weighted by Gasteiger charge is -2.23. The van der Waals surface area contributed by atoms with E-state index in [1.807, 2.05) is 0 Å². The Morgan fingerprint density at radius 2 is 1.12 bits per heavy atom. The zero-order chi connectivity index (χ0) is 38.4. The molecule has 0 bridgehead atoms. The van der Waals surface area contributed by atoms with Gasteiger partial charge in [0.2, 0.25) is 0 Å². The van der Waals surface area contributed by atoms with Crippen LogP contribution in [0.15, 0.2) is 54.6 Å². The molecule has 2 amide bonds. The quantitative estimate of drug-likeness (QED) is 0.269. The van der Waals surface area contributed by atoms with E-state index in [4.69, 9.17) is 21.1 Å². The Labute approximate surface area is 284 Å². The molecule has 2 aliphatic rings. The van der Waals surface area contributed by atoms with E-state index in [-0.39, 0.29) is 34.8 Å². The Bertz CT molecular complexity index is 1710. The summed E-state index contributed by atoms with van der Waals surface area (Å²) in [7, 11) is 0. The van der Waals surface area contributed by atoms with Crippen LogP contribution in [0.2, 0.25) is 5.02 Å². The molecule has 0 spiro atoms. The molecule has 3 aromatic carbocycles. The molecule has 51 heavy (non-hydrogen) atoms. The highest BCUT2D eigenvalue weighted by Crippen LogP contribution is 2.42. The summed E-state index contributed by atoms with van der Waals surface area (Å²) in [6, 6.07) is 4.23. The Hall–Kier alpha value is -4.42. The molecular weight excluding hydrogens is 747 g/mol. The molecule has 0 aromatic heterocycles. The van der Waals surface area contributed by atoms with Gasteiger partial charge < -0.3 is 14.8 Å². The van der Waals surface area contributed by atoms with Crippen molar-refractivity contribution in [3.63, 3.8) is 0 Å². The lowest BCUT2D eigenvalue weighted by molar-refractivity contribution is -0.144. The number of benzene rings is 3. The van der Waals surface area contributed by atoms with Gasteiger partial charge in [0.25, 0.3) is 0 Å². The molecule has 0 unspecified atom stereocenters. The number of hydrogen-bond donors (Lipinski definition) is 1. The summed E-state index contributed by atoms with van der Waals surface area (Å²) in [6.07, 6.45) is -24.5. The number of alkyl halides is 12. The molecule has 0 aliphatic carbocycles. The van der Waals surface area contributed by atoms with Crippen LogP contribution in [0, 0.1) is 5.82 Å². The van der Waals surface area contributed by atoms with Gasteiger partial charge in [-0.1, -0.05) is 17.7 Å². The second-order valence-corrected chi connectivity index (χ2v) is 11.7. The molecule has 0 radical (unpaired) electrons. The van der Waals surface area contributed by atoms with Gasteiger partial charge in [0.05, 0.1) is 40.9 Å². The van der Waals surface area contributed by atoms with Crippen LogP contribution in [-0.4, -0.2) is 29.2 Å². The summed E-state index contributed by atoms with van der Waals surface area (Å²) in [6.45, 7) is 2.42. The van der Waals surface area contributed by atoms with Crippen molar-refractivity contribution in [2.24, 2.45) is 0 Å². The zero-order valence-corrected chi connectivity index (χ0v) is 26.3. The van der Waals surface area contributed by atoms with Crippen LogP contribution in [0.3, 0.4) is 0 Å². The van der Waals surface area contributed by atoms with Gasteiger partial charge in [-0.2, -0.15) is 52.7 Å². The number of nitrogens with zero attached hydrogens (tertiary/aromatic N) is 1. The van der Waals surface area contributed by atoms with E-state index in [0.717, 1.165) is 11.0 Å². The van der Waals surface area contributed by atoms with Crippen molar-refractivity contribution in [2.45, 2.75) is 69.4 Å². The first kappa shape index (κ1) is 39.4. The van der Waals surface area contributed by atoms with Crippen LogP contribution in [0.5, 0.6) is 0 Å². The molecule has 3 aromatic rings. The van der Waals surface area contributed by atoms with E-state index in [0.29, 0.717) is 24.3 Å². The van der Waals surface area contributed by atoms with Crippen molar-refractivity contribution in [1.29, 1.82) is 0 Å². The minimum Gasteiger partial charge on any atom is -0.439 e. The largest absolute Gasteiger partial charge is 0.439 e. The van der Waals surface area contributed by atoms with Gasteiger partial charge in [-0.05, 0) is 73.5 Å². The molecule has 20 heteroatoms. The Morgan fingerprint density at radius 3 is 1.49 bits per heavy atom. The minimum atomic E-state index is -5.04. The summed E-state index contributed by atoms with van der Waals surface area (Å²) in [5, 5.41) is 2.27. The zero-order valence-electron chi connectivity index (χ0n) is 25.6. The summed E-state index contributed by atoms with van der Waals surface area (Å²) in [5.74, 6) is -0.718. The van der Waals surface area contributed by atoms with Gasteiger partial charge in [-0.3, -0.25) is 4.90 Å². The van der Waals surface area contributed by atoms with Crippen molar-refractivity contribution >= 4 is 23.8 Å². The predicted molar refractivity (Wildman–Crippen MR) is 150 cm³/mol. The van der Waals surface area contributed by atoms with Crippen LogP contribution < -0.4 is 5.32 Å². The van der Waals surface area contributed by atoms with Crippen LogP contribution >= 0.6 is 11.6 Å². The van der Waals surface area contributed by atoms with Gasteiger partial charge >= 0.3 is 36.9 Å². The lowest BCUT2D eigenvalue weighted by Crippen LogP contribution is -2.32. The molecule has 4 atom stereocenters. The van der Waals surface area contributed by atoms with Gasteiger partial charge in [-0.25, -0.2) is 14.0 Å². The smallest absolute Gasteiger partial charge is 0.416 e. The summed E-state index contributed by atoms with van der Waals surface area (Å²) < 4.78 is 179. The number of carbonyl (C=O) groups is 2. The third-order valence-electron chi connectivity index (χ3n) is 7.69. The lowest BCUT2D eigenvalue weighted by atomic mass is 9.97. The van der Waals surface area contributed by atoms with Crippen LogP contribution in [-0.2, 0) is 40.7 Å². The Morgan fingerprint density at radius 1 is 0.686 bits per heavy atom. The number of amides is 2. The highest BCUT2D eigenvalue weighted by Gasteiger charge is 2.44. The minimum absolute atomic E-state index is 0.0110. The Kier molecular flexibility index (Phi) is 10.8. The molecule has 0 saturated carbocycles. The third kappa shape index (κ3) is 9.09. The average molecular weight is 769 g/mol. The third-order valence-corrected chi connectivity index (χ3v) is 8.05. The van der Waals surface area contributed by atoms with E-state index >= 15 is 0 Å². The first-order valence-corrected chi connectivity index (χ1v) is 14.6. The fourth-order valence-corrected chi connectivity index (χ4v) is 5.39. The van der Waals surface area contributed by atoms with E-state index < -0.39 is 94.8 Å². The van der Waals surface area contributed by atoms with Crippen LogP contribution in [0.1, 0.15) is 65.0 Å². The normalized spacial score (nSPS) is 21.1. The van der Waals surface area contributed by atoms with Crippen molar-refractivity contribution < 1.29 is 76.1 Å². The maximum Gasteiger partial charge on any atom is 0.416 e. The molecule has 2 heterocycles. The second kappa shape index (κ2) is 14.0. The molecule has 2 fully saturated rings. The average Bonchev–Trinajstić information content (AvgIpc) is 3.49. The van der Waals surface area contributed by atoms with E-state index in [2.05, 4.69) is 5.32 Å². The van der Waals surface area contributed by atoms with Crippen LogP contribution in [0.4, 0.5) is 66.7 Å². The number of rotatable bonds is 4. The van der Waals surface area contributed by atoms with Crippen LogP contribution in [0.25, 0.3) is 0 Å². The van der Waals surface area contributed by atoms with Gasteiger partial charge in [0.15, 0.2) is 0 Å². The number of carbonyl (C=O) groups excluding carboxylic acids is 2. The number of hydrogen-bond acceptors (Lipinski definition) is 4. The van der Waals surface area contributed by atoms with Crippen molar-refractivity contribution in [3.8, 4) is 0 Å². The molecule has 278 valence electrons. The van der Waals surface area contributed by atoms with Gasteiger partial charge in [0.1, 0.15) is 18.0 Å². The summed E-state index contributed by atoms with van der Waals surface area (Å²) in [5.41, 5.74) is -6.81. The first-order chi connectivity index (χ1) is 23.3. The Balaban J connectivity index is 0.000000244. The standard InChI is InChI=1S/C19H13ClF7NO2.C12H9F6NO2/c1-9-16(10-5-11(18(22,23)24)7-12(6-10)19(25,26)27)30-17(29)28(9)8-13-14(20)3-2-4-15(13)21;1-5-9(21-10(20)19-5)6-2-7(11(13,14)15)4-8(3-6)12(16,17)18/h2-7,9,16H,8H2,1H3;2-5,9H,1H3,(H,19,20)/t9-,16-;5-,9-/m00/s1. The highest BCUT2D eigenvalue weighted by molar-refractivity contribution is 6.31. The fourth-order valence-electron chi connectivity index (χ4n) is 5.17. The van der Waals surface area contributed by atoms with Gasteiger partial charge in [0, 0.05) is 10.6 Å². The number of ether oxygens (including phenoxy) is 2. The van der Waals surface area contributed by atoms with Crippen molar-refractivity contribution in [3.05, 3.63) is 104 Å². The topological polar surface area (TPSA) is 67.9 Å². The SMILES string of the molecule is C[C@@H]1NC(=O)O[C@@H]1c1cc(C(F)(F)F)cc(C(F)(F)F)c1.C[C@H]1[C@@H](c2cc(C(F)(F)F)cc(C(F)(F)F)c2)OC(=O)N1Cc1c(F)cccc1Cl. The van der Waals surface area contributed by atoms with E-state index in [1.54, 1.807) is 0 Å². The molecule has 2 aliphatic heterocycles. The highest BCUT2D eigenvalue weighted by atomic mass is 35.5. The number of nitrogens with one attached hydrogen (secondary N) is 1. The number of halogens is 14. The molecule has 5 rings (SSSR count). The monoisotopic (exact) mass is 768 g/mol. The van der Waals surface area contributed by atoms with Gasteiger partial charge in [-0.15, -0.1) is 0 Å². The maximum absolute atomic E-state index is 14.0. The van der Waals surface area contributed by atoms with E-state index in [9.17, 15) is 66.7 Å². The molecule has 6 nitrogen and oxygen atoms in total. The summed E-state index contributed by atoms with van der Waals surface area (Å²) in [4.78, 5) is 24.3. The maximum atomic E-state index is 14.0. The van der Waals surface area contributed by atoms with Crippen molar-refractivity contribution in [1.82, 2.24) is 10.2 Å².